The third-order valence-electron chi connectivity index (χ3n) is 11.7. The summed E-state index contributed by atoms with van der Waals surface area (Å²) in [5.74, 6) is -2.00. The van der Waals surface area contributed by atoms with Gasteiger partial charge in [-0.15, -0.1) is 0 Å². The number of amides is 4. The Hall–Kier alpha value is -4.01. The van der Waals surface area contributed by atoms with Crippen molar-refractivity contribution in [3.8, 4) is 0 Å². The largest absolute Gasteiger partial charge is 0.444 e. The van der Waals surface area contributed by atoms with Crippen LogP contribution in [0.5, 0.6) is 0 Å². The highest BCUT2D eigenvalue weighted by Gasteiger charge is 2.62. The monoisotopic (exact) mass is 733 g/mol. The molecule has 14 heteroatoms. The van der Waals surface area contributed by atoms with E-state index in [0.717, 1.165) is 19.3 Å². The minimum absolute atomic E-state index is 0.194. The SMILES string of the molecule is O=C(NC1CCCCC/C=C/C2CC2(C(=O)NS(=O)(=O)C2CC2)NC(=O)C2C[C@@H](N3Cc4cccc5cccc(c45)C3)CN2C1=O)OC1CCOC1. The molecule has 5 unspecified atom stereocenters. The van der Waals surface area contributed by atoms with Gasteiger partial charge in [0.15, 0.2) is 0 Å². The van der Waals surface area contributed by atoms with Crippen LogP contribution in [0.25, 0.3) is 10.8 Å². The van der Waals surface area contributed by atoms with Crippen LogP contribution >= 0.6 is 0 Å². The Balaban J connectivity index is 1.08. The first kappa shape index (κ1) is 35.0. The summed E-state index contributed by atoms with van der Waals surface area (Å²) in [7, 11) is -3.85. The lowest BCUT2D eigenvalue weighted by atomic mass is 9.94. The highest BCUT2D eigenvalue weighted by molar-refractivity contribution is 7.91. The van der Waals surface area contributed by atoms with Gasteiger partial charge in [-0.25, -0.2) is 13.2 Å². The fourth-order valence-electron chi connectivity index (χ4n) is 8.49. The van der Waals surface area contributed by atoms with Crippen molar-refractivity contribution in [2.75, 3.05) is 19.8 Å². The van der Waals surface area contributed by atoms with E-state index in [0.29, 0.717) is 64.8 Å². The lowest BCUT2D eigenvalue weighted by molar-refractivity contribution is -0.141. The molecule has 2 aromatic carbocycles. The van der Waals surface area contributed by atoms with E-state index < -0.39 is 50.8 Å². The molecule has 0 radical (unpaired) electrons. The Labute approximate surface area is 303 Å². The molecule has 2 aromatic rings. The lowest BCUT2D eigenvalue weighted by Gasteiger charge is -2.34. The van der Waals surface area contributed by atoms with Crippen molar-refractivity contribution in [1.82, 2.24) is 25.2 Å². The summed E-state index contributed by atoms with van der Waals surface area (Å²) < 4.78 is 38.9. The molecule has 4 heterocycles. The molecular formula is C38H47N5O8S. The van der Waals surface area contributed by atoms with Crippen LogP contribution in [0, 0.1) is 5.92 Å². The lowest BCUT2D eigenvalue weighted by Crippen LogP contribution is -2.58. The topological polar surface area (TPSA) is 163 Å². The zero-order chi connectivity index (χ0) is 36.0. The van der Waals surface area contributed by atoms with E-state index in [4.69, 9.17) is 9.47 Å². The molecule has 4 amide bonds. The van der Waals surface area contributed by atoms with Gasteiger partial charge in [-0.05, 0) is 66.8 Å². The summed E-state index contributed by atoms with van der Waals surface area (Å²) in [5.41, 5.74) is 0.920. The number of nitrogens with zero attached hydrogens (tertiary/aromatic N) is 2. The number of allylic oxidation sites excluding steroid dienone is 1. The molecule has 2 saturated carbocycles. The summed E-state index contributed by atoms with van der Waals surface area (Å²) in [6.45, 7) is 2.34. The van der Waals surface area contributed by atoms with Crippen LogP contribution in [0.1, 0.15) is 75.3 Å². The number of benzene rings is 2. The number of alkyl carbamates (subject to hydrolysis) is 1. The van der Waals surface area contributed by atoms with Crippen LogP contribution in [0.4, 0.5) is 4.79 Å². The van der Waals surface area contributed by atoms with Gasteiger partial charge in [0.25, 0.3) is 5.91 Å². The fourth-order valence-corrected chi connectivity index (χ4v) is 9.86. The summed E-state index contributed by atoms with van der Waals surface area (Å²) >= 11 is 0. The molecule has 52 heavy (non-hydrogen) atoms. The molecule has 6 atom stereocenters. The zero-order valence-electron chi connectivity index (χ0n) is 29.3. The molecule has 0 aromatic heterocycles. The van der Waals surface area contributed by atoms with Gasteiger partial charge in [-0.2, -0.15) is 0 Å². The van der Waals surface area contributed by atoms with Gasteiger partial charge < -0.3 is 25.0 Å². The van der Waals surface area contributed by atoms with Crippen molar-refractivity contribution in [2.45, 2.75) is 112 Å². The van der Waals surface area contributed by atoms with Crippen LogP contribution in [0.2, 0.25) is 0 Å². The highest BCUT2D eigenvalue weighted by atomic mass is 32.2. The summed E-state index contributed by atoms with van der Waals surface area (Å²) in [6, 6.07) is 10.5. The Bertz CT molecular complexity index is 1850. The van der Waals surface area contributed by atoms with Crippen molar-refractivity contribution in [1.29, 1.82) is 0 Å². The molecule has 278 valence electrons. The minimum Gasteiger partial charge on any atom is -0.444 e. The van der Waals surface area contributed by atoms with Crippen molar-refractivity contribution in [3.63, 3.8) is 0 Å². The van der Waals surface area contributed by atoms with Crippen molar-refractivity contribution in [3.05, 3.63) is 59.7 Å². The second kappa shape index (κ2) is 14.1. The van der Waals surface area contributed by atoms with Gasteiger partial charge in [-0.1, -0.05) is 61.4 Å². The van der Waals surface area contributed by atoms with Gasteiger partial charge in [0.2, 0.25) is 21.8 Å². The third-order valence-corrected chi connectivity index (χ3v) is 13.5. The van der Waals surface area contributed by atoms with E-state index in [-0.39, 0.29) is 36.9 Å². The smallest absolute Gasteiger partial charge is 0.408 e. The quantitative estimate of drug-likeness (QED) is 0.379. The average Bonchev–Trinajstić information content (AvgIpc) is 3.99. The number of carbonyl (C=O) groups is 4. The summed E-state index contributed by atoms with van der Waals surface area (Å²) in [5, 5.41) is 7.60. The minimum atomic E-state index is -3.85. The Kier molecular flexibility index (Phi) is 9.49. The molecule has 4 fully saturated rings. The first-order chi connectivity index (χ1) is 25.1. The third kappa shape index (κ3) is 7.04. The fraction of sp³-hybridized carbons (Fsp3) is 0.579. The van der Waals surface area contributed by atoms with Gasteiger partial charge in [0.1, 0.15) is 23.7 Å². The first-order valence-electron chi connectivity index (χ1n) is 18.7. The number of hydrogen-bond acceptors (Lipinski definition) is 9. The van der Waals surface area contributed by atoms with E-state index in [1.165, 1.54) is 21.9 Å². The molecular weight excluding hydrogens is 687 g/mol. The van der Waals surface area contributed by atoms with Crippen molar-refractivity contribution in [2.24, 2.45) is 5.92 Å². The van der Waals surface area contributed by atoms with Gasteiger partial charge in [0, 0.05) is 38.0 Å². The van der Waals surface area contributed by atoms with Crippen LogP contribution in [0.3, 0.4) is 0 Å². The molecule has 2 saturated heterocycles. The van der Waals surface area contributed by atoms with E-state index in [1.807, 2.05) is 24.3 Å². The molecule has 4 aliphatic heterocycles. The number of hydrogen-bond donors (Lipinski definition) is 3. The van der Waals surface area contributed by atoms with Crippen LogP contribution in [0.15, 0.2) is 48.6 Å². The van der Waals surface area contributed by atoms with E-state index in [2.05, 4.69) is 44.5 Å². The van der Waals surface area contributed by atoms with E-state index in [9.17, 15) is 27.6 Å². The number of nitrogens with one attached hydrogen (secondary N) is 3. The maximum absolute atomic E-state index is 14.6. The molecule has 13 nitrogen and oxygen atoms in total. The maximum atomic E-state index is 14.6. The van der Waals surface area contributed by atoms with Crippen LogP contribution < -0.4 is 15.4 Å². The number of ether oxygens (including phenoxy) is 2. The van der Waals surface area contributed by atoms with E-state index in [1.54, 1.807) is 4.90 Å². The molecule has 3 N–H and O–H groups in total. The van der Waals surface area contributed by atoms with Gasteiger partial charge in [-0.3, -0.25) is 24.0 Å². The Morgan fingerprint density at radius 3 is 2.46 bits per heavy atom. The Morgan fingerprint density at radius 1 is 0.981 bits per heavy atom. The van der Waals surface area contributed by atoms with Crippen LogP contribution in [-0.4, -0.2) is 96.8 Å². The maximum Gasteiger partial charge on any atom is 0.408 e. The van der Waals surface area contributed by atoms with Crippen LogP contribution in [-0.2, 0) is 47.0 Å². The van der Waals surface area contributed by atoms with E-state index >= 15 is 0 Å². The molecule has 2 aliphatic carbocycles. The number of fused-ring (bicyclic) bond motifs is 2. The second-order valence-corrected chi connectivity index (χ2v) is 17.3. The standard InChI is InChI=1S/C38H47N5O8S/c44-34-32-18-28(42-20-25-10-6-8-24-9-7-11-26(21-42)33(24)25)22-43(32)35(45)31(39-37(47)51-29-16-17-50-23-29)13-5-3-1-2-4-12-27-19-38(27,40-34)36(46)41-52(48,49)30-14-15-30/h4,6-12,27-32H,1-3,5,13-23H2,(H,39,47)(H,40,44)(H,41,46)/b12-4+/t27?,28-,29?,31?,32?,38?/m1/s1. The van der Waals surface area contributed by atoms with Gasteiger partial charge in [0.05, 0.1) is 18.5 Å². The summed E-state index contributed by atoms with van der Waals surface area (Å²) in [6.07, 6.45) is 8.37. The second-order valence-electron chi connectivity index (χ2n) is 15.3. The summed E-state index contributed by atoms with van der Waals surface area (Å²) in [4.78, 5) is 59.8. The number of carbonyl (C=O) groups excluding carboxylic acids is 4. The predicted octanol–water partition coefficient (Wildman–Crippen LogP) is 3.01. The van der Waals surface area contributed by atoms with Crippen molar-refractivity contribution >= 4 is 44.6 Å². The average molecular weight is 734 g/mol. The predicted molar refractivity (Wildman–Crippen MR) is 191 cm³/mol. The highest BCUT2D eigenvalue weighted by Crippen LogP contribution is 2.46. The van der Waals surface area contributed by atoms with Crippen molar-refractivity contribution < 1.29 is 37.1 Å². The molecule has 0 bridgehead atoms. The molecule has 6 aliphatic rings. The van der Waals surface area contributed by atoms with Gasteiger partial charge >= 0.3 is 6.09 Å². The first-order valence-corrected chi connectivity index (χ1v) is 20.3. The number of sulfonamides is 1. The Morgan fingerprint density at radius 2 is 1.75 bits per heavy atom. The molecule has 8 rings (SSSR count). The number of rotatable bonds is 6. The molecule has 0 spiro atoms. The normalized spacial score (nSPS) is 31.8. The zero-order valence-corrected chi connectivity index (χ0v) is 30.1.